The molecule has 0 atom stereocenters. The van der Waals surface area contributed by atoms with Crippen LogP contribution < -0.4 is 0 Å². The van der Waals surface area contributed by atoms with E-state index in [2.05, 4.69) is 19.6 Å². The summed E-state index contributed by atoms with van der Waals surface area (Å²) in [5, 5.41) is 0. The quantitative estimate of drug-likeness (QED) is 0.302. The molecule has 0 saturated carbocycles. The third-order valence-electron chi connectivity index (χ3n) is 3.47. The molecule has 120 valence electrons. The van der Waals surface area contributed by atoms with Gasteiger partial charge in [-0.25, -0.2) is 0 Å². The van der Waals surface area contributed by atoms with E-state index in [9.17, 15) is 4.79 Å². The highest BCUT2D eigenvalue weighted by atomic mass is 16.5. The minimum atomic E-state index is -0.165. The normalized spacial score (nSPS) is 10.8. The fourth-order valence-corrected chi connectivity index (χ4v) is 2.10. The number of allylic oxidation sites excluding steroid dienone is 3. The van der Waals surface area contributed by atoms with Crippen LogP contribution in [0.2, 0.25) is 0 Å². The first kappa shape index (κ1) is 18.2. The first-order chi connectivity index (χ1) is 10.7. The molecule has 2 nitrogen and oxygen atoms in total. The van der Waals surface area contributed by atoms with E-state index in [-0.39, 0.29) is 5.97 Å². The lowest BCUT2D eigenvalue weighted by Crippen LogP contribution is -2.04. The highest BCUT2D eigenvalue weighted by Gasteiger charge is 2.03. The molecule has 1 aromatic rings. The molecular formula is C20H28O2. The second-order valence-corrected chi connectivity index (χ2v) is 5.56. The number of benzene rings is 1. The molecule has 1 rings (SSSR count). The molecule has 0 unspecified atom stereocenters. The SMILES string of the molecule is C=C(C=CCCCCCC)CCC(=O)OCc1ccccc1. The van der Waals surface area contributed by atoms with E-state index in [1.807, 2.05) is 36.4 Å². The molecule has 0 fully saturated rings. The number of carbonyl (C=O) groups is 1. The molecule has 0 aromatic heterocycles. The van der Waals surface area contributed by atoms with Crippen molar-refractivity contribution in [3.8, 4) is 0 Å². The van der Waals surface area contributed by atoms with Gasteiger partial charge in [-0.05, 0) is 24.8 Å². The van der Waals surface area contributed by atoms with Gasteiger partial charge < -0.3 is 4.74 Å². The van der Waals surface area contributed by atoms with Crippen molar-refractivity contribution in [2.75, 3.05) is 0 Å². The van der Waals surface area contributed by atoms with Crippen LogP contribution in [0.1, 0.15) is 57.4 Å². The Bertz CT molecular complexity index is 460. The summed E-state index contributed by atoms with van der Waals surface area (Å²) in [5.74, 6) is -0.165. The lowest BCUT2D eigenvalue weighted by atomic mass is 10.1. The second kappa shape index (κ2) is 11.8. The number of unbranched alkanes of at least 4 members (excludes halogenated alkanes) is 4. The van der Waals surface area contributed by atoms with E-state index in [1.54, 1.807) is 0 Å². The van der Waals surface area contributed by atoms with Crippen LogP contribution in [0.25, 0.3) is 0 Å². The van der Waals surface area contributed by atoms with Gasteiger partial charge in [0.1, 0.15) is 6.61 Å². The first-order valence-corrected chi connectivity index (χ1v) is 8.26. The van der Waals surface area contributed by atoms with Crippen LogP contribution in [0.4, 0.5) is 0 Å². The Balaban J connectivity index is 2.10. The van der Waals surface area contributed by atoms with Gasteiger partial charge in [-0.3, -0.25) is 4.79 Å². The van der Waals surface area contributed by atoms with Crippen molar-refractivity contribution in [3.05, 3.63) is 60.2 Å². The summed E-state index contributed by atoms with van der Waals surface area (Å²) in [4.78, 5) is 11.7. The molecule has 0 bridgehead atoms. The summed E-state index contributed by atoms with van der Waals surface area (Å²) in [6.07, 6.45) is 11.4. The summed E-state index contributed by atoms with van der Waals surface area (Å²) in [6.45, 7) is 6.55. The smallest absolute Gasteiger partial charge is 0.306 e. The maximum atomic E-state index is 11.7. The minimum absolute atomic E-state index is 0.165. The average Bonchev–Trinajstić information content (AvgIpc) is 2.55. The monoisotopic (exact) mass is 300 g/mol. The van der Waals surface area contributed by atoms with Gasteiger partial charge in [-0.15, -0.1) is 0 Å². The van der Waals surface area contributed by atoms with Gasteiger partial charge in [0.2, 0.25) is 0 Å². The molecule has 0 amide bonds. The second-order valence-electron chi connectivity index (χ2n) is 5.56. The Morgan fingerprint density at radius 1 is 1.14 bits per heavy atom. The van der Waals surface area contributed by atoms with Gasteiger partial charge in [0.25, 0.3) is 0 Å². The van der Waals surface area contributed by atoms with Gasteiger partial charge in [-0.2, -0.15) is 0 Å². The Labute approximate surface area is 134 Å². The van der Waals surface area contributed by atoms with Crippen molar-refractivity contribution in [3.63, 3.8) is 0 Å². The molecule has 0 aliphatic heterocycles. The maximum absolute atomic E-state index is 11.7. The topological polar surface area (TPSA) is 26.3 Å². The summed E-state index contributed by atoms with van der Waals surface area (Å²) < 4.78 is 5.24. The Kier molecular flexibility index (Phi) is 9.76. The number of rotatable bonds is 11. The van der Waals surface area contributed by atoms with Gasteiger partial charge in [0.15, 0.2) is 0 Å². The number of esters is 1. The third-order valence-corrected chi connectivity index (χ3v) is 3.47. The van der Waals surface area contributed by atoms with E-state index in [0.717, 1.165) is 17.6 Å². The first-order valence-electron chi connectivity index (χ1n) is 8.26. The van der Waals surface area contributed by atoms with E-state index in [1.165, 1.54) is 25.7 Å². The standard InChI is InChI=1S/C20H28O2/c1-3-4-5-6-7-9-12-18(2)15-16-20(21)22-17-19-13-10-8-11-14-19/h8-14H,2-7,15-17H2,1H3. The van der Waals surface area contributed by atoms with Crippen LogP contribution in [0.5, 0.6) is 0 Å². The zero-order valence-electron chi connectivity index (χ0n) is 13.7. The Morgan fingerprint density at radius 2 is 1.91 bits per heavy atom. The molecule has 0 spiro atoms. The largest absolute Gasteiger partial charge is 0.461 e. The van der Waals surface area contributed by atoms with E-state index >= 15 is 0 Å². The molecule has 0 aliphatic carbocycles. The highest BCUT2D eigenvalue weighted by Crippen LogP contribution is 2.09. The fourth-order valence-electron chi connectivity index (χ4n) is 2.10. The van der Waals surface area contributed by atoms with Crippen LogP contribution in [0.3, 0.4) is 0 Å². The zero-order chi connectivity index (χ0) is 16.0. The van der Waals surface area contributed by atoms with Crippen LogP contribution in [-0.2, 0) is 16.1 Å². The molecule has 0 N–H and O–H groups in total. The minimum Gasteiger partial charge on any atom is -0.461 e. The summed E-state index contributed by atoms with van der Waals surface area (Å²) >= 11 is 0. The molecule has 2 heteroatoms. The number of ether oxygens (including phenoxy) is 1. The summed E-state index contributed by atoms with van der Waals surface area (Å²) in [6, 6.07) is 9.73. The fraction of sp³-hybridized carbons (Fsp3) is 0.450. The van der Waals surface area contributed by atoms with Crippen LogP contribution >= 0.6 is 0 Å². The summed E-state index contributed by atoms with van der Waals surface area (Å²) in [7, 11) is 0. The predicted molar refractivity (Wildman–Crippen MR) is 92.5 cm³/mol. The van der Waals surface area contributed by atoms with Gasteiger partial charge in [-0.1, -0.05) is 80.8 Å². The van der Waals surface area contributed by atoms with Gasteiger partial charge in [0.05, 0.1) is 0 Å². The van der Waals surface area contributed by atoms with E-state index in [0.29, 0.717) is 19.4 Å². The molecule has 22 heavy (non-hydrogen) atoms. The van der Waals surface area contributed by atoms with Gasteiger partial charge >= 0.3 is 5.97 Å². The van der Waals surface area contributed by atoms with Crippen LogP contribution in [0, 0.1) is 0 Å². The molecule has 0 radical (unpaired) electrons. The zero-order valence-corrected chi connectivity index (χ0v) is 13.7. The number of hydrogen-bond donors (Lipinski definition) is 0. The van der Waals surface area contributed by atoms with E-state index < -0.39 is 0 Å². The van der Waals surface area contributed by atoms with Crippen molar-refractivity contribution in [1.82, 2.24) is 0 Å². The Hall–Kier alpha value is -1.83. The lowest BCUT2D eigenvalue weighted by Gasteiger charge is -2.05. The van der Waals surface area contributed by atoms with Crippen LogP contribution in [-0.4, -0.2) is 5.97 Å². The lowest BCUT2D eigenvalue weighted by molar-refractivity contribution is -0.144. The average molecular weight is 300 g/mol. The summed E-state index contributed by atoms with van der Waals surface area (Å²) in [5.41, 5.74) is 2.01. The highest BCUT2D eigenvalue weighted by molar-refractivity contribution is 5.69. The number of hydrogen-bond acceptors (Lipinski definition) is 2. The molecule has 0 aliphatic rings. The van der Waals surface area contributed by atoms with Crippen molar-refractivity contribution in [1.29, 1.82) is 0 Å². The van der Waals surface area contributed by atoms with Gasteiger partial charge in [0, 0.05) is 6.42 Å². The Morgan fingerprint density at radius 3 is 2.64 bits per heavy atom. The van der Waals surface area contributed by atoms with Crippen molar-refractivity contribution < 1.29 is 9.53 Å². The molecule has 1 aromatic carbocycles. The number of carbonyl (C=O) groups excluding carboxylic acids is 1. The van der Waals surface area contributed by atoms with Crippen LogP contribution in [0.15, 0.2) is 54.6 Å². The maximum Gasteiger partial charge on any atom is 0.306 e. The third kappa shape index (κ3) is 9.17. The molecular weight excluding hydrogens is 272 g/mol. The predicted octanol–water partition coefficient (Wildman–Crippen LogP) is 5.59. The van der Waals surface area contributed by atoms with Crippen molar-refractivity contribution in [2.45, 2.75) is 58.5 Å². The van der Waals surface area contributed by atoms with Crippen molar-refractivity contribution in [2.24, 2.45) is 0 Å². The molecule has 0 heterocycles. The van der Waals surface area contributed by atoms with E-state index in [4.69, 9.17) is 4.74 Å². The van der Waals surface area contributed by atoms with Crippen molar-refractivity contribution >= 4 is 5.97 Å². The molecule has 0 saturated heterocycles.